The van der Waals surface area contributed by atoms with Crippen LogP contribution >= 0.6 is 0 Å². The van der Waals surface area contributed by atoms with Crippen LogP contribution in [0.3, 0.4) is 0 Å². The van der Waals surface area contributed by atoms with Crippen molar-refractivity contribution in [3.8, 4) is 0 Å². The summed E-state index contributed by atoms with van der Waals surface area (Å²) in [5, 5.41) is 11.0. The lowest BCUT2D eigenvalue weighted by molar-refractivity contribution is -0.0537. The molecule has 0 aliphatic heterocycles. The number of hydrogen-bond donors (Lipinski definition) is 1. The van der Waals surface area contributed by atoms with E-state index in [-0.39, 0.29) is 6.10 Å². The molecule has 0 spiro atoms. The van der Waals surface area contributed by atoms with Crippen molar-refractivity contribution in [3.63, 3.8) is 0 Å². The molecule has 0 amide bonds. The highest BCUT2D eigenvalue weighted by Gasteiger charge is 2.36. The molecule has 0 heterocycles. The molecule has 4 nitrogen and oxygen atoms in total. The number of carbonyl (C=O) groups is 1. The van der Waals surface area contributed by atoms with E-state index in [1.165, 1.54) is 24.8 Å². The van der Waals surface area contributed by atoms with Crippen LogP contribution in [-0.2, 0) is 21.5 Å². The maximum absolute atomic E-state index is 11.7. The number of aryl methyl sites for hydroxylation is 1. The average molecular weight is 363 g/mol. The van der Waals surface area contributed by atoms with Crippen LogP contribution in [0.25, 0.3) is 0 Å². The largest absolute Gasteiger partial charge is 0.508 e. The summed E-state index contributed by atoms with van der Waals surface area (Å²) in [6, 6.07) is 8.39. The fraction of sp³-hybridized carbons (Fsp3) is 0.682. The van der Waals surface area contributed by atoms with Gasteiger partial charge in [0.1, 0.15) is 6.10 Å². The maximum Gasteiger partial charge on any atom is 0.508 e. The van der Waals surface area contributed by atoms with Crippen molar-refractivity contribution in [1.29, 1.82) is 0 Å². The zero-order chi connectivity index (χ0) is 18.8. The quantitative estimate of drug-likeness (QED) is 0.465. The van der Waals surface area contributed by atoms with E-state index in [1.807, 2.05) is 0 Å². The van der Waals surface area contributed by atoms with Gasteiger partial charge in [0.25, 0.3) is 0 Å². The zero-order valence-corrected chi connectivity index (χ0v) is 16.3. The number of rotatable bonds is 9. The van der Waals surface area contributed by atoms with Crippen LogP contribution in [0.5, 0.6) is 0 Å². The molecule has 1 fully saturated rings. The minimum absolute atomic E-state index is 0.155. The summed E-state index contributed by atoms with van der Waals surface area (Å²) < 4.78 is 10.4. The van der Waals surface area contributed by atoms with E-state index >= 15 is 0 Å². The monoisotopic (exact) mass is 362 g/mol. The summed E-state index contributed by atoms with van der Waals surface area (Å²) in [5.41, 5.74) is 1.49. The molecule has 1 aromatic carbocycles. The third kappa shape index (κ3) is 6.31. The second kappa shape index (κ2) is 10.6. The fourth-order valence-electron chi connectivity index (χ4n) is 3.51. The predicted molar refractivity (Wildman–Crippen MR) is 103 cm³/mol. The summed E-state index contributed by atoms with van der Waals surface area (Å²) >= 11 is 0. The molecule has 0 saturated heterocycles. The lowest BCUT2D eigenvalue weighted by Crippen LogP contribution is -2.35. The first-order valence-corrected chi connectivity index (χ1v) is 10.2. The van der Waals surface area contributed by atoms with Crippen LogP contribution in [0.2, 0.25) is 0 Å². The van der Waals surface area contributed by atoms with Gasteiger partial charge >= 0.3 is 6.16 Å². The Labute approximate surface area is 157 Å². The standard InChI is InChI=1S/C22H34O4/c1-3-5-7-8-18-9-11-19(12-10-18)22(24)15-13-20(14-16-22)26-21(23)25-17-6-4-2/h9-12,20,24H,3-8,13-17H2,1-2H3. The second-order valence-corrected chi connectivity index (χ2v) is 7.45. The molecule has 26 heavy (non-hydrogen) atoms. The van der Waals surface area contributed by atoms with Gasteiger partial charge in [0.15, 0.2) is 0 Å². The molecule has 1 aromatic rings. The van der Waals surface area contributed by atoms with Gasteiger partial charge in [0.05, 0.1) is 12.2 Å². The molecule has 0 radical (unpaired) electrons. The maximum atomic E-state index is 11.7. The van der Waals surface area contributed by atoms with E-state index in [1.54, 1.807) is 0 Å². The van der Waals surface area contributed by atoms with Gasteiger partial charge in [-0.25, -0.2) is 4.79 Å². The number of benzene rings is 1. The Bertz CT molecular complexity index is 530. The Hall–Kier alpha value is -1.55. The van der Waals surface area contributed by atoms with Crippen molar-refractivity contribution in [2.24, 2.45) is 0 Å². The third-order valence-electron chi connectivity index (χ3n) is 5.30. The van der Waals surface area contributed by atoms with Crippen molar-refractivity contribution in [1.82, 2.24) is 0 Å². The molecular formula is C22H34O4. The molecule has 1 N–H and O–H groups in total. The Morgan fingerprint density at radius 3 is 2.35 bits per heavy atom. The van der Waals surface area contributed by atoms with Crippen LogP contribution < -0.4 is 0 Å². The Kier molecular flexibility index (Phi) is 8.43. The summed E-state index contributed by atoms with van der Waals surface area (Å²) in [5.74, 6) is 0. The van der Waals surface area contributed by atoms with Crippen LogP contribution in [0, 0.1) is 0 Å². The van der Waals surface area contributed by atoms with Crippen LogP contribution in [-0.4, -0.2) is 24.0 Å². The molecule has 146 valence electrons. The highest BCUT2D eigenvalue weighted by molar-refractivity contribution is 5.60. The van der Waals surface area contributed by atoms with Gasteiger partial charge in [-0.1, -0.05) is 57.4 Å². The molecule has 0 aromatic heterocycles. The third-order valence-corrected chi connectivity index (χ3v) is 5.30. The molecule has 4 heteroatoms. The molecule has 0 unspecified atom stereocenters. The fourth-order valence-corrected chi connectivity index (χ4v) is 3.51. The van der Waals surface area contributed by atoms with Gasteiger partial charge in [-0.05, 0) is 56.1 Å². The topological polar surface area (TPSA) is 55.8 Å². The average Bonchev–Trinajstić information content (AvgIpc) is 2.65. The van der Waals surface area contributed by atoms with Crippen molar-refractivity contribution in [3.05, 3.63) is 35.4 Å². The highest BCUT2D eigenvalue weighted by Crippen LogP contribution is 2.38. The van der Waals surface area contributed by atoms with Crippen molar-refractivity contribution >= 4 is 6.16 Å². The summed E-state index contributed by atoms with van der Waals surface area (Å²) in [4.78, 5) is 11.7. The zero-order valence-electron chi connectivity index (χ0n) is 16.3. The van der Waals surface area contributed by atoms with E-state index in [2.05, 4.69) is 38.1 Å². The number of hydrogen-bond acceptors (Lipinski definition) is 4. The van der Waals surface area contributed by atoms with Gasteiger partial charge in [-0.15, -0.1) is 0 Å². The van der Waals surface area contributed by atoms with E-state index in [4.69, 9.17) is 9.47 Å². The lowest BCUT2D eigenvalue weighted by atomic mass is 9.78. The van der Waals surface area contributed by atoms with Crippen LogP contribution in [0.1, 0.15) is 82.8 Å². The number of ether oxygens (including phenoxy) is 2. The van der Waals surface area contributed by atoms with Crippen LogP contribution in [0.4, 0.5) is 4.79 Å². The van der Waals surface area contributed by atoms with Gasteiger partial charge in [0, 0.05) is 0 Å². The smallest absolute Gasteiger partial charge is 0.434 e. The Balaban J connectivity index is 1.80. The van der Waals surface area contributed by atoms with E-state index < -0.39 is 11.8 Å². The second-order valence-electron chi connectivity index (χ2n) is 7.45. The van der Waals surface area contributed by atoms with Gasteiger partial charge < -0.3 is 14.6 Å². The molecule has 2 rings (SSSR count). The normalized spacial score (nSPS) is 22.8. The summed E-state index contributed by atoms with van der Waals surface area (Å²) in [6.07, 6.45) is 8.45. The lowest BCUT2D eigenvalue weighted by Gasteiger charge is -2.36. The first-order valence-electron chi connectivity index (χ1n) is 10.2. The number of aliphatic hydroxyl groups is 1. The minimum atomic E-state index is -0.812. The van der Waals surface area contributed by atoms with E-state index in [0.717, 1.165) is 24.8 Å². The van der Waals surface area contributed by atoms with Gasteiger partial charge in [-0.3, -0.25) is 0 Å². The molecular weight excluding hydrogens is 328 g/mol. The summed E-state index contributed by atoms with van der Waals surface area (Å²) in [6.45, 7) is 4.68. The number of unbranched alkanes of at least 4 members (excludes halogenated alkanes) is 3. The Morgan fingerprint density at radius 2 is 1.73 bits per heavy atom. The SMILES string of the molecule is CCCCCc1ccc(C2(O)CCC(OC(=O)OCCCC)CC2)cc1. The first-order chi connectivity index (χ1) is 12.6. The first kappa shape index (κ1) is 20.8. The van der Waals surface area contributed by atoms with E-state index in [0.29, 0.717) is 32.3 Å². The highest BCUT2D eigenvalue weighted by atomic mass is 16.7. The minimum Gasteiger partial charge on any atom is -0.434 e. The Morgan fingerprint density at radius 1 is 1.08 bits per heavy atom. The summed E-state index contributed by atoms with van der Waals surface area (Å²) in [7, 11) is 0. The number of carbonyl (C=O) groups excluding carboxylic acids is 1. The molecule has 1 saturated carbocycles. The predicted octanol–water partition coefficient (Wildman–Crippen LogP) is 5.50. The van der Waals surface area contributed by atoms with Crippen LogP contribution in [0.15, 0.2) is 24.3 Å². The molecule has 1 aliphatic carbocycles. The van der Waals surface area contributed by atoms with Crippen molar-refractivity contribution in [2.75, 3.05) is 6.61 Å². The van der Waals surface area contributed by atoms with Crippen molar-refractivity contribution < 1.29 is 19.4 Å². The molecule has 0 bridgehead atoms. The van der Waals surface area contributed by atoms with Crippen molar-refractivity contribution in [2.45, 2.75) is 89.8 Å². The van der Waals surface area contributed by atoms with Gasteiger partial charge in [-0.2, -0.15) is 0 Å². The van der Waals surface area contributed by atoms with Gasteiger partial charge in [0.2, 0.25) is 0 Å². The molecule has 0 atom stereocenters. The van der Waals surface area contributed by atoms with E-state index in [9.17, 15) is 9.90 Å². The molecule has 1 aliphatic rings.